The monoisotopic (exact) mass is 699 g/mol. The Balaban J connectivity index is 1.58. The van der Waals surface area contributed by atoms with Crippen molar-refractivity contribution in [3.8, 4) is 0 Å². The van der Waals surface area contributed by atoms with Gasteiger partial charge in [0.15, 0.2) is 0 Å². The second-order valence-corrected chi connectivity index (χ2v) is 18.1. The first-order valence-electron chi connectivity index (χ1n) is 18.4. The maximum Gasteiger partial charge on any atom is 0.408 e. The molecule has 5 amide bonds. The van der Waals surface area contributed by atoms with Gasteiger partial charge in [-0.25, -0.2) is 4.79 Å². The molecule has 0 aromatic heterocycles. The van der Waals surface area contributed by atoms with Crippen LogP contribution in [0.3, 0.4) is 0 Å². The molecule has 0 aromatic carbocycles. The number of likely N-dealkylation sites (tertiary alicyclic amines) is 1. The van der Waals surface area contributed by atoms with Gasteiger partial charge >= 0.3 is 6.09 Å². The summed E-state index contributed by atoms with van der Waals surface area (Å²) in [5.74, 6) is -2.66. The molecule has 1 unspecified atom stereocenters. The van der Waals surface area contributed by atoms with E-state index in [2.05, 4.69) is 41.7 Å². The summed E-state index contributed by atoms with van der Waals surface area (Å²) < 4.78 is 5.54. The molecule has 4 rings (SSSR count). The molecule has 1 aliphatic heterocycles. The van der Waals surface area contributed by atoms with Crippen LogP contribution in [0.1, 0.15) is 114 Å². The Bertz CT molecular complexity index is 1350. The number of hydrogen-bond donors (Lipinski definition) is 4. The van der Waals surface area contributed by atoms with E-state index in [0.29, 0.717) is 13.0 Å². The minimum Gasteiger partial charge on any atom is -0.444 e. The number of Topliss-reactive ketones (excluding diaryl/α,β-unsaturated/α-hetero) is 1. The number of fused-ring (bicyclic) bond motifs is 1. The molecule has 0 radical (unpaired) electrons. The number of rotatable bonds is 13. The second kappa shape index (κ2) is 14.7. The van der Waals surface area contributed by atoms with E-state index in [4.69, 9.17) is 4.74 Å². The highest BCUT2D eigenvalue weighted by Crippen LogP contribution is 2.65. The summed E-state index contributed by atoms with van der Waals surface area (Å²) in [5, 5.41) is 11.2. The Hall–Kier alpha value is -3.44. The Kier molecular flexibility index (Phi) is 11.5. The minimum absolute atomic E-state index is 0.0646. The SMILES string of the molecule is C=CCNC(=O)C(=O)C(CC1CC1)NC(=O)[C@@H]1[C@@H]2[C@H](CN1C(=O)[C@@H](NC(=O)[C@@H](NC(=O)OC(C)(C)C)C1(C)CCCCC1)C(C)(C)C)C2(C)C. The lowest BCUT2D eigenvalue weighted by atomic mass is 9.70. The molecule has 4 fully saturated rings. The van der Waals surface area contributed by atoms with Gasteiger partial charge in [-0.2, -0.15) is 0 Å². The van der Waals surface area contributed by atoms with Crippen LogP contribution in [-0.2, 0) is 28.7 Å². The largest absolute Gasteiger partial charge is 0.444 e. The van der Waals surface area contributed by atoms with E-state index in [-0.39, 0.29) is 29.7 Å². The van der Waals surface area contributed by atoms with Gasteiger partial charge in [-0.15, -0.1) is 6.58 Å². The van der Waals surface area contributed by atoms with Crippen molar-refractivity contribution in [1.82, 2.24) is 26.2 Å². The molecule has 12 nitrogen and oxygen atoms in total. The topological polar surface area (TPSA) is 163 Å². The molecule has 50 heavy (non-hydrogen) atoms. The van der Waals surface area contributed by atoms with E-state index in [0.717, 1.165) is 44.9 Å². The fourth-order valence-corrected chi connectivity index (χ4v) is 8.07. The van der Waals surface area contributed by atoms with Crippen LogP contribution >= 0.6 is 0 Å². The highest BCUT2D eigenvalue weighted by atomic mass is 16.6. The van der Waals surface area contributed by atoms with Crippen molar-refractivity contribution >= 4 is 35.5 Å². The first-order valence-corrected chi connectivity index (χ1v) is 18.4. The van der Waals surface area contributed by atoms with Gasteiger partial charge in [-0.1, -0.05) is 79.7 Å². The third-order valence-corrected chi connectivity index (χ3v) is 11.3. The fourth-order valence-electron chi connectivity index (χ4n) is 8.07. The minimum atomic E-state index is -1.02. The van der Waals surface area contributed by atoms with Crippen molar-refractivity contribution in [1.29, 1.82) is 0 Å². The van der Waals surface area contributed by atoms with Crippen LogP contribution in [0.15, 0.2) is 12.7 Å². The van der Waals surface area contributed by atoms with Crippen molar-refractivity contribution in [2.24, 2.45) is 34.0 Å². The summed E-state index contributed by atoms with van der Waals surface area (Å²) in [4.78, 5) is 83.5. The molecule has 0 spiro atoms. The zero-order chi connectivity index (χ0) is 37.4. The van der Waals surface area contributed by atoms with Crippen LogP contribution in [0.4, 0.5) is 4.79 Å². The number of ether oxygens (including phenoxy) is 1. The van der Waals surface area contributed by atoms with E-state index in [1.165, 1.54) is 6.08 Å². The summed E-state index contributed by atoms with van der Waals surface area (Å²) in [7, 11) is 0. The molecule has 12 heteroatoms. The lowest BCUT2D eigenvalue weighted by Gasteiger charge is -2.42. The van der Waals surface area contributed by atoms with Crippen LogP contribution in [0.5, 0.6) is 0 Å². The summed E-state index contributed by atoms with van der Waals surface area (Å²) >= 11 is 0. The van der Waals surface area contributed by atoms with E-state index >= 15 is 0 Å². The van der Waals surface area contributed by atoms with Crippen LogP contribution < -0.4 is 21.3 Å². The van der Waals surface area contributed by atoms with E-state index in [9.17, 15) is 28.8 Å². The molecule has 4 aliphatic rings. The highest BCUT2D eigenvalue weighted by molar-refractivity contribution is 6.38. The predicted octanol–water partition coefficient (Wildman–Crippen LogP) is 4.02. The zero-order valence-electron chi connectivity index (χ0n) is 31.7. The van der Waals surface area contributed by atoms with Crippen molar-refractivity contribution in [3.05, 3.63) is 12.7 Å². The smallest absolute Gasteiger partial charge is 0.408 e. The number of hydrogen-bond acceptors (Lipinski definition) is 7. The third-order valence-electron chi connectivity index (χ3n) is 11.3. The maximum absolute atomic E-state index is 14.6. The van der Waals surface area contributed by atoms with Crippen LogP contribution in [0.2, 0.25) is 0 Å². The van der Waals surface area contributed by atoms with E-state index in [1.54, 1.807) is 25.7 Å². The van der Waals surface area contributed by atoms with Gasteiger partial charge in [0.05, 0.1) is 6.04 Å². The molecule has 6 atom stereocenters. The normalized spacial score (nSPS) is 25.5. The number of carbonyl (C=O) groups is 6. The number of alkyl carbamates (subject to hydrolysis) is 1. The van der Waals surface area contributed by atoms with Gasteiger partial charge < -0.3 is 30.9 Å². The van der Waals surface area contributed by atoms with Crippen molar-refractivity contribution in [2.45, 2.75) is 143 Å². The average Bonchev–Trinajstić information content (AvgIpc) is 3.86. The van der Waals surface area contributed by atoms with Gasteiger partial charge in [0.2, 0.25) is 23.5 Å². The van der Waals surface area contributed by atoms with Crippen molar-refractivity contribution in [3.63, 3.8) is 0 Å². The predicted molar refractivity (Wildman–Crippen MR) is 189 cm³/mol. The number of carbonyl (C=O) groups excluding carboxylic acids is 6. The molecular formula is C38H61N5O7. The molecule has 0 aromatic rings. The van der Waals surface area contributed by atoms with Crippen molar-refractivity contribution < 1.29 is 33.5 Å². The summed E-state index contributed by atoms with van der Waals surface area (Å²) in [6, 6.07) is -3.84. The van der Waals surface area contributed by atoms with Crippen LogP contribution in [0, 0.1) is 34.0 Å². The molecular weight excluding hydrogens is 638 g/mol. The summed E-state index contributed by atoms with van der Waals surface area (Å²) in [6.45, 7) is 21.0. The Morgan fingerprint density at radius 3 is 2.08 bits per heavy atom. The van der Waals surface area contributed by atoms with Gasteiger partial charge in [0.1, 0.15) is 23.7 Å². The van der Waals surface area contributed by atoms with Crippen LogP contribution in [0.25, 0.3) is 0 Å². The first kappa shape index (κ1) is 39.3. The van der Waals surface area contributed by atoms with Gasteiger partial charge in [0, 0.05) is 13.1 Å². The van der Waals surface area contributed by atoms with Crippen LogP contribution in [-0.4, -0.2) is 83.3 Å². The molecule has 4 N–H and O–H groups in total. The maximum atomic E-state index is 14.6. The first-order chi connectivity index (χ1) is 23.1. The Morgan fingerprint density at radius 1 is 0.920 bits per heavy atom. The Morgan fingerprint density at radius 2 is 1.54 bits per heavy atom. The molecule has 3 saturated carbocycles. The van der Waals surface area contributed by atoms with Gasteiger partial charge in [-0.05, 0) is 74.0 Å². The quantitative estimate of drug-likeness (QED) is 0.167. The van der Waals surface area contributed by atoms with Crippen molar-refractivity contribution in [2.75, 3.05) is 13.1 Å². The molecule has 3 aliphatic carbocycles. The van der Waals surface area contributed by atoms with Gasteiger partial charge in [-0.3, -0.25) is 24.0 Å². The number of nitrogens with one attached hydrogen (secondary N) is 4. The number of ketones is 1. The number of piperidine rings is 1. The number of nitrogens with zero attached hydrogens (tertiary/aromatic N) is 1. The zero-order valence-corrected chi connectivity index (χ0v) is 31.7. The second-order valence-electron chi connectivity index (χ2n) is 18.1. The highest BCUT2D eigenvalue weighted by Gasteiger charge is 2.70. The lowest BCUT2D eigenvalue weighted by Crippen LogP contribution is -2.64. The number of amides is 5. The van der Waals surface area contributed by atoms with E-state index in [1.807, 2.05) is 27.7 Å². The summed E-state index contributed by atoms with van der Waals surface area (Å²) in [6.07, 6.45) is 7.33. The standard InChI is InChI=1S/C38H61N5O7/c1-11-19-39-31(46)27(44)24(20-22-15-16-22)40-30(45)26-25-23(37(25,8)9)21-43(26)33(48)29(35(2,3)4)41-32(47)28(38(10)17-13-12-14-18-38)42-34(49)50-36(5,6)7/h11,22-26,28-29H,1,12-21H2,2-10H3,(H,39,46)(H,40,45)(H,41,47)(H,42,49)/t23-,24?,25-,26-,28+,29+/m0/s1. The molecule has 280 valence electrons. The molecule has 1 saturated heterocycles. The third kappa shape index (κ3) is 9.07. The lowest BCUT2D eigenvalue weighted by molar-refractivity contribution is -0.147. The fraction of sp³-hybridized carbons (Fsp3) is 0.789. The van der Waals surface area contributed by atoms with E-state index < -0.39 is 76.1 Å². The molecule has 0 bridgehead atoms. The Labute approximate surface area is 298 Å². The average molecular weight is 700 g/mol. The summed E-state index contributed by atoms with van der Waals surface area (Å²) in [5.41, 5.74) is -2.27. The molecule has 1 heterocycles. The van der Waals surface area contributed by atoms with Gasteiger partial charge in [0.25, 0.3) is 5.91 Å².